The largest absolute Gasteiger partial charge is 0.388 e. The number of nitrogens with one attached hydrogen (secondary N) is 1. The van der Waals surface area contributed by atoms with Crippen LogP contribution in [0.2, 0.25) is 5.02 Å². The fourth-order valence-corrected chi connectivity index (χ4v) is 2.49. The molecule has 0 amide bonds. The van der Waals surface area contributed by atoms with Crippen molar-refractivity contribution in [2.24, 2.45) is 5.41 Å². The van der Waals surface area contributed by atoms with Crippen LogP contribution in [0.1, 0.15) is 39.5 Å². The summed E-state index contributed by atoms with van der Waals surface area (Å²) >= 11 is 6.01. The lowest BCUT2D eigenvalue weighted by Crippen LogP contribution is -2.42. The summed E-state index contributed by atoms with van der Waals surface area (Å²) < 4.78 is 0. The van der Waals surface area contributed by atoms with Crippen LogP contribution >= 0.6 is 11.6 Å². The Hall–Kier alpha value is -1.07. The van der Waals surface area contributed by atoms with Gasteiger partial charge in [-0.15, -0.1) is 0 Å². The quantitative estimate of drug-likeness (QED) is 0.794. The summed E-state index contributed by atoms with van der Waals surface area (Å²) in [5.74, 6) is 0.725. The Morgan fingerprint density at radius 3 is 2.58 bits per heavy atom. The van der Waals surface area contributed by atoms with Crippen molar-refractivity contribution in [3.05, 3.63) is 11.3 Å². The van der Waals surface area contributed by atoms with E-state index in [9.17, 15) is 5.11 Å². The highest BCUT2D eigenvalue weighted by atomic mass is 35.5. The number of nitrogen functional groups attached to an aromatic ring is 1. The van der Waals surface area contributed by atoms with E-state index < -0.39 is 5.60 Å². The van der Waals surface area contributed by atoms with Gasteiger partial charge in [-0.3, -0.25) is 0 Å². The topological polar surface area (TPSA) is 84.1 Å². The number of halogens is 1. The van der Waals surface area contributed by atoms with Crippen molar-refractivity contribution in [1.82, 2.24) is 9.97 Å². The van der Waals surface area contributed by atoms with Gasteiger partial charge in [0, 0.05) is 6.54 Å². The lowest BCUT2D eigenvalue weighted by Gasteiger charge is -2.40. The SMILES string of the molecule is CC1(C)CCC(O)(CNc2ncnc(N)c2Cl)CC1. The Morgan fingerprint density at radius 1 is 1.32 bits per heavy atom. The number of aromatic nitrogens is 2. The third kappa shape index (κ3) is 3.48. The molecule has 0 spiro atoms. The average molecular weight is 285 g/mol. The van der Waals surface area contributed by atoms with E-state index >= 15 is 0 Å². The minimum atomic E-state index is -0.696. The second-order valence-electron chi connectivity index (χ2n) is 6.16. The second-order valence-corrected chi connectivity index (χ2v) is 6.54. The number of anilines is 2. The zero-order valence-electron chi connectivity index (χ0n) is 11.4. The molecule has 4 N–H and O–H groups in total. The van der Waals surface area contributed by atoms with Crippen molar-refractivity contribution >= 4 is 23.2 Å². The minimum Gasteiger partial charge on any atom is -0.388 e. The first-order chi connectivity index (χ1) is 8.81. The number of nitrogens with two attached hydrogens (primary N) is 1. The van der Waals surface area contributed by atoms with Crippen molar-refractivity contribution < 1.29 is 5.11 Å². The van der Waals surface area contributed by atoms with Crippen LogP contribution in [0.3, 0.4) is 0 Å². The molecule has 2 rings (SSSR count). The molecule has 1 aromatic heterocycles. The molecule has 1 aliphatic rings. The van der Waals surface area contributed by atoms with Crippen molar-refractivity contribution in [2.45, 2.75) is 45.1 Å². The van der Waals surface area contributed by atoms with Crippen LogP contribution in [0.15, 0.2) is 6.33 Å². The van der Waals surface area contributed by atoms with Gasteiger partial charge in [-0.05, 0) is 31.1 Å². The first kappa shape index (κ1) is 14.3. The average Bonchev–Trinajstić information content (AvgIpc) is 2.36. The lowest BCUT2D eigenvalue weighted by molar-refractivity contribution is -0.0145. The maximum absolute atomic E-state index is 10.5. The maximum atomic E-state index is 10.5. The van der Waals surface area contributed by atoms with E-state index in [1.165, 1.54) is 6.33 Å². The molecule has 0 atom stereocenters. The van der Waals surface area contributed by atoms with Gasteiger partial charge in [0.1, 0.15) is 17.2 Å². The maximum Gasteiger partial charge on any atom is 0.150 e. The summed E-state index contributed by atoms with van der Waals surface area (Å²) in [5.41, 5.74) is 5.24. The first-order valence-corrected chi connectivity index (χ1v) is 6.91. The van der Waals surface area contributed by atoms with E-state index in [0.29, 0.717) is 22.8 Å². The molecule has 0 aliphatic heterocycles. The molecule has 1 fully saturated rings. The Kier molecular flexibility index (Phi) is 3.87. The molecule has 0 aromatic carbocycles. The number of aliphatic hydroxyl groups is 1. The van der Waals surface area contributed by atoms with Gasteiger partial charge in [0.25, 0.3) is 0 Å². The molecular formula is C13H21ClN4O. The number of hydrogen-bond donors (Lipinski definition) is 3. The molecule has 0 unspecified atom stereocenters. The van der Waals surface area contributed by atoms with E-state index in [2.05, 4.69) is 29.1 Å². The fraction of sp³-hybridized carbons (Fsp3) is 0.692. The fourth-order valence-electron chi connectivity index (χ4n) is 2.32. The lowest BCUT2D eigenvalue weighted by atomic mass is 9.71. The molecule has 1 saturated carbocycles. The van der Waals surface area contributed by atoms with Gasteiger partial charge < -0.3 is 16.2 Å². The summed E-state index contributed by atoms with van der Waals surface area (Å²) in [5, 5.41) is 13.9. The summed E-state index contributed by atoms with van der Waals surface area (Å²) in [6.07, 6.45) is 4.96. The van der Waals surface area contributed by atoms with E-state index in [0.717, 1.165) is 25.7 Å². The Morgan fingerprint density at radius 2 is 1.95 bits per heavy atom. The molecule has 5 nitrogen and oxygen atoms in total. The molecule has 1 aromatic rings. The van der Waals surface area contributed by atoms with Crippen LogP contribution in [0.25, 0.3) is 0 Å². The van der Waals surface area contributed by atoms with Crippen molar-refractivity contribution in [1.29, 1.82) is 0 Å². The standard InChI is InChI=1S/C13H21ClN4O/c1-12(2)3-5-13(19,6-4-12)7-16-11-9(14)10(15)17-8-18-11/h8,19H,3-7H2,1-2H3,(H3,15,16,17,18). The second kappa shape index (κ2) is 5.13. The van der Waals surface area contributed by atoms with Crippen LogP contribution in [0, 0.1) is 5.41 Å². The Labute approximate surface area is 118 Å². The van der Waals surface area contributed by atoms with Gasteiger partial charge in [0.2, 0.25) is 0 Å². The Bertz CT molecular complexity index is 454. The van der Waals surface area contributed by atoms with Crippen molar-refractivity contribution in [2.75, 3.05) is 17.6 Å². The number of hydrogen-bond acceptors (Lipinski definition) is 5. The van der Waals surface area contributed by atoms with Crippen LogP contribution in [0.4, 0.5) is 11.6 Å². The van der Waals surface area contributed by atoms with Gasteiger partial charge in [0.15, 0.2) is 5.82 Å². The molecule has 1 heterocycles. The summed E-state index contributed by atoms with van der Waals surface area (Å²) in [6.45, 7) is 4.91. The number of rotatable bonds is 3. The van der Waals surface area contributed by atoms with Gasteiger partial charge in [-0.2, -0.15) is 0 Å². The Balaban J connectivity index is 1.97. The highest BCUT2D eigenvalue weighted by Gasteiger charge is 2.36. The predicted octanol–water partition coefficient (Wildman–Crippen LogP) is 2.46. The highest BCUT2D eigenvalue weighted by molar-refractivity contribution is 6.35. The monoisotopic (exact) mass is 284 g/mol. The van der Waals surface area contributed by atoms with Crippen LogP contribution in [-0.4, -0.2) is 27.2 Å². The third-order valence-electron chi connectivity index (χ3n) is 3.94. The normalized spacial score (nSPS) is 21.1. The minimum absolute atomic E-state index is 0.246. The van der Waals surface area contributed by atoms with Gasteiger partial charge in [-0.25, -0.2) is 9.97 Å². The first-order valence-electron chi connectivity index (χ1n) is 6.54. The van der Waals surface area contributed by atoms with Crippen LogP contribution in [-0.2, 0) is 0 Å². The molecule has 0 radical (unpaired) electrons. The highest BCUT2D eigenvalue weighted by Crippen LogP contribution is 2.40. The van der Waals surface area contributed by atoms with E-state index in [4.69, 9.17) is 17.3 Å². The van der Waals surface area contributed by atoms with Gasteiger partial charge >= 0.3 is 0 Å². The molecule has 0 bridgehead atoms. The molecular weight excluding hydrogens is 264 g/mol. The summed E-state index contributed by atoms with van der Waals surface area (Å²) in [7, 11) is 0. The molecule has 1 aliphatic carbocycles. The zero-order valence-corrected chi connectivity index (χ0v) is 12.2. The zero-order chi connectivity index (χ0) is 14.1. The van der Waals surface area contributed by atoms with Crippen LogP contribution in [0.5, 0.6) is 0 Å². The predicted molar refractivity (Wildman–Crippen MR) is 77.1 cm³/mol. The molecule has 19 heavy (non-hydrogen) atoms. The van der Waals surface area contributed by atoms with Gasteiger partial charge in [0.05, 0.1) is 5.60 Å². The molecule has 106 valence electrons. The smallest absolute Gasteiger partial charge is 0.150 e. The molecule has 0 saturated heterocycles. The number of nitrogens with zero attached hydrogens (tertiary/aromatic N) is 2. The van der Waals surface area contributed by atoms with Crippen LogP contribution < -0.4 is 11.1 Å². The summed E-state index contributed by atoms with van der Waals surface area (Å²) in [6, 6.07) is 0. The summed E-state index contributed by atoms with van der Waals surface area (Å²) in [4.78, 5) is 7.84. The van der Waals surface area contributed by atoms with E-state index in [1.54, 1.807) is 0 Å². The van der Waals surface area contributed by atoms with Crippen molar-refractivity contribution in [3.63, 3.8) is 0 Å². The van der Waals surface area contributed by atoms with E-state index in [-0.39, 0.29) is 5.82 Å². The third-order valence-corrected chi connectivity index (χ3v) is 4.31. The molecule has 6 heteroatoms. The van der Waals surface area contributed by atoms with Gasteiger partial charge in [-0.1, -0.05) is 25.4 Å². The van der Waals surface area contributed by atoms with Crippen molar-refractivity contribution in [3.8, 4) is 0 Å². The van der Waals surface area contributed by atoms with E-state index in [1.807, 2.05) is 0 Å².